The van der Waals surface area contributed by atoms with E-state index in [1.54, 1.807) is 16.6 Å². The minimum atomic E-state index is -0.0216. The Morgan fingerprint density at radius 2 is 2.29 bits per heavy atom. The molecule has 0 spiro atoms. The fourth-order valence-electron chi connectivity index (χ4n) is 2.44. The molecule has 0 saturated carbocycles. The number of fused-ring (bicyclic) bond motifs is 1. The largest absolute Gasteiger partial charge is 0.398 e. The minimum absolute atomic E-state index is 0.0216. The van der Waals surface area contributed by atoms with Crippen molar-refractivity contribution in [3.8, 4) is 10.6 Å². The molecule has 1 aromatic carbocycles. The molecule has 21 heavy (non-hydrogen) atoms. The van der Waals surface area contributed by atoms with Crippen molar-refractivity contribution < 1.29 is 4.74 Å². The Labute approximate surface area is 129 Å². The number of benzene rings is 1. The molecule has 108 valence electrons. The second-order valence-electron chi connectivity index (χ2n) is 4.89. The molecule has 2 aromatic heterocycles. The van der Waals surface area contributed by atoms with Gasteiger partial charge in [-0.1, -0.05) is 22.9 Å². The monoisotopic (exact) mass is 321 g/mol. The lowest BCUT2D eigenvalue weighted by Gasteiger charge is -2.04. The first kappa shape index (κ1) is 13.0. The van der Waals surface area contributed by atoms with Crippen LogP contribution in [0.5, 0.6) is 0 Å². The molecule has 3 aromatic rings. The lowest BCUT2D eigenvalue weighted by Crippen LogP contribution is -2.03. The number of ether oxygens (including phenoxy) is 1. The van der Waals surface area contributed by atoms with E-state index in [2.05, 4.69) is 15.3 Å². The Balaban J connectivity index is 1.82. The van der Waals surface area contributed by atoms with E-state index in [1.165, 1.54) is 11.3 Å². The van der Waals surface area contributed by atoms with E-state index in [0.717, 1.165) is 40.8 Å². The van der Waals surface area contributed by atoms with Crippen molar-refractivity contribution in [2.45, 2.75) is 18.9 Å². The lowest BCUT2D eigenvalue weighted by atomic mass is 10.2. The second kappa shape index (κ2) is 4.94. The molecule has 0 amide bonds. The summed E-state index contributed by atoms with van der Waals surface area (Å²) in [7, 11) is 0. The molecule has 1 aliphatic heterocycles. The Hall–Kier alpha value is -1.70. The zero-order chi connectivity index (χ0) is 14.4. The van der Waals surface area contributed by atoms with Gasteiger partial charge in [-0.05, 0) is 31.0 Å². The summed E-state index contributed by atoms with van der Waals surface area (Å²) in [6.45, 7) is 0.762. The van der Waals surface area contributed by atoms with Crippen molar-refractivity contribution >= 4 is 33.6 Å². The highest BCUT2D eigenvalue weighted by atomic mass is 35.5. The molecule has 2 N–H and O–H groups in total. The molecule has 4 rings (SSSR count). The highest BCUT2D eigenvalue weighted by Gasteiger charge is 2.25. The van der Waals surface area contributed by atoms with Crippen molar-refractivity contribution in [2.75, 3.05) is 12.3 Å². The molecule has 3 heterocycles. The lowest BCUT2D eigenvalue weighted by molar-refractivity contribution is 0.103. The van der Waals surface area contributed by atoms with E-state index < -0.39 is 0 Å². The molecule has 1 unspecified atom stereocenters. The Morgan fingerprint density at radius 3 is 3.10 bits per heavy atom. The first-order valence-corrected chi connectivity index (χ1v) is 7.81. The molecular weight excluding hydrogens is 310 g/mol. The summed E-state index contributed by atoms with van der Waals surface area (Å²) < 4.78 is 7.41. The van der Waals surface area contributed by atoms with Gasteiger partial charge in [0.1, 0.15) is 11.1 Å². The van der Waals surface area contributed by atoms with E-state index in [9.17, 15) is 0 Å². The van der Waals surface area contributed by atoms with E-state index >= 15 is 0 Å². The molecule has 1 saturated heterocycles. The van der Waals surface area contributed by atoms with Crippen LogP contribution >= 0.6 is 22.9 Å². The number of nitrogens with two attached hydrogens (primary N) is 1. The first-order chi connectivity index (χ1) is 10.2. The highest BCUT2D eigenvalue weighted by Crippen LogP contribution is 2.34. The van der Waals surface area contributed by atoms with Gasteiger partial charge < -0.3 is 10.5 Å². The molecule has 8 heteroatoms. The molecule has 1 fully saturated rings. The van der Waals surface area contributed by atoms with Gasteiger partial charge in [-0.2, -0.15) is 9.61 Å². The second-order valence-corrected chi connectivity index (χ2v) is 6.29. The van der Waals surface area contributed by atoms with E-state index in [4.69, 9.17) is 22.1 Å². The van der Waals surface area contributed by atoms with Crippen LogP contribution < -0.4 is 5.73 Å². The van der Waals surface area contributed by atoms with Crippen molar-refractivity contribution in [1.29, 1.82) is 0 Å². The number of aromatic nitrogens is 4. The average Bonchev–Trinajstić information content (AvgIpc) is 3.15. The van der Waals surface area contributed by atoms with Crippen LogP contribution in [0.4, 0.5) is 5.69 Å². The SMILES string of the molecule is Nc1ccc(Cl)cc1-c1nn2c(C3CCCO3)nnc2s1. The van der Waals surface area contributed by atoms with Gasteiger partial charge >= 0.3 is 0 Å². The smallest absolute Gasteiger partial charge is 0.235 e. The van der Waals surface area contributed by atoms with Crippen LogP contribution in [0, 0.1) is 0 Å². The molecular formula is C13H12ClN5OS. The topological polar surface area (TPSA) is 78.3 Å². The van der Waals surface area contributed by atoms with Crippen LogP contribution in [0.1, 0.15) is 24.8 Å². The van der Waals surface area contributed by atoms with Crippen molar-refractivity contribution in [3.05, 3.63) is 29.0 Å². The van der Waals surface area contributed by atoms with Gasteiger partial charge in [-0.3, -0.25) is 0 Å². The third-order valence-electron chi connectivity index (χ3n) is 3.48. The molecule has 0 aliphatic carbocycles. The summed E-state index contributed by atoms with van der Waals surface area (Å²) in [5.41, 5.74) is 7.47. The molecule has 1 atom stereocenters. The van der Waals surface area contributed by atoms with Crippen LogP contribution in [0.15, 0.2) is 18.2 Å². The summed E-state index contributed by atoms with van der Waals surface area (Å²) in [5, 5.41) is 14.4. The number of nitrogen functional groups attached to an aromatic ring is 1. The number of hydrogen-bond donors (Lipinski definition) is 1. The normalized spacial score (nSPS) is 18.6. The van der Waals surface area contributed by atoms with E-state index in [-0.39, 0.29) is 6.10 Å². The first-order valence-electron chi connectivity index (χ1n) is 6.61. The van der Waals surface area contributed by atoms with Crippen molar-refractivity contribution in [1.82, 2.24) is 19.8 Å². The molecule has 1 aliphatic rings. The van der Waals surface area contributed by atoms with Gasteiger partial charge in [-0.15, -0.1) is 10.2 Å². The third kappa shape index (κ3) is 2.17. The van der Waals surface area contributed by atoms with E-state index in [1.807, 2.05) is 6.07 Å². The van der Waals surface area contributed by atoms with Gasteiger partial charge in [0.25, 0.3) is 0 Å². The van der Waals surface area contributed by atoms with Gasteiger partial charge in [0, 0.05) is 22.9 Å². The van der Waals surface area contributed by atoms with Gasteiger partial charge in [0.2, 0.25) is 4.96 Å². The number of rotatable bonds is 2. The summed E-state index contributed by atoms with van der Waals surface area (Å²) in [4.78, 5) is 0.731. The number of nitrogens with zero attached hydrogens (tertiary/aromatic N) is 4. The van der Waals surface area contributed by atoms with Crippen molar-refractivity contribution in [2.24, 2.45) is 0 Å². The third-order valence-corrected chi connectivity index (χ3v) is 4.65. The zero-order valence-corrected chi connectivity index (χ0v) is 12.6. The Kier molecular flexibility index (Phi) is 3.06. The Morgan fingerprint density at radius 1 is 1.38 bits per heavy atom. The molecule has 0 bridgehead atoms. The van der Waals surface area contributed by atoms with Crippen LogP contribution in [0.25, 0.3) is 15.5 Å². The predicted molar refractivity (Wildman–Crippen MR) is 81.4 cm³/mol. The Bertz CT molecular complexity index is 808. The maximum Gasteiger partial charge on any atom is 0.235 e. The van der Waals surface area contributed by atoms with E-state index in [0.29, 0.717) is 10.7 Å². The molecule has 6 nitrogen and oxygen atoms in total. The van der Waals surface area contributed by atoms with Crippen LogP contribution in [-0.4, -0.2) is 26.4 Å². The minimum Gasteiger partial charge on any atom is -0.398 e. The number of halogens is 1. The average molecular weight is 322 g/mol. The summed E-state index contributed by atoms with van der Waals surface area (Å²) in [5.74, 6) is 0.755. The maximum absolute atomic E-state index is 6.04. The zero-order valence-electron chi connectivity index (χ0n) is 11.0. The fraction of sp³-hybridized carbons (Fsp3) is 0.308. The number of anilines is 1. The molecule has 0 radical (unpaired) electrons. The van der Waals surface area contributed by atoms with Crippen LogP contribution in [-0.2, 0) is 4.74 Å². The van der Waals surface area contributed by atoms with Crippen LogP contribution in [0.2, 0.25) is 5.02 Å². The van der Waals surface area contributed by atoms with Gasteiger partial charge in [0.15, 0.2) is 5.82 Å². The van der Waals surface area contributed by atoms with Gasteiger partial charge in [-0.25, -0.2) is 0 Å². The summed E-state index contributed by atoms with van der Waals surface area (Å²) in [6.07, 6.45) is 1.97. The standard InChI is InChI=1S/C13H12ClN5OS/c14-7-3-4-9(15)8(6-7)12-18-19-11(10-2-1-5-20-10)16-17-13(19)21-12/h3-4,6,10H,1-2,5,15H2. The van der Waals surface area contributed by atoms with Crippen molar-refractivity contribution in [3.63, 3.8) is 0 Å². The summed E-state index contributed by atoms with van der Waals surface area (Å²) >= 11 is 7.48. The predicted octanol–water partition coefficient (Wildman–Crippen LogP) is 2.94. The van der Waals surface area contributed by atoms with Gasteiger partial charge in [0.05, 0.1) is 0 Å². The quantitative estimate of drug-likeness (QED) is 0.734. The summed E-state index contributed by atoms with van der Waals surface area (Å²) in [6, 6.07) is 5.36. The maximum atomic E-state index is 6.04. The highest BCUT2D eigenvalue weighted by molar-refractivity contribution is 7.19. The fourth-order valence-corrected chi connectivity index (χ4v) is 3.49. The number of hydrogen-bond acceptors (Lipinski definition) is 6. The van der Waals surface area contributed by atoms with Crippen LogP contribution in [0.3, 0.4) is 0 Å².